The Labute approximate surface area is 221 Å². The first kappa shape index (κ1) is 25.0. The zero-order valence-corrected chi connectivity index (χ0v) is 21.1. The number of carbonyl (C=O) groups is 2. The van der Waals surface area contributed by atoms with E-state index >= 15 is 0 Å². The van der Waals surface area contributed by atoms with Crippen LogP contribution in [0.5, 0.6) is 0 Å². The van der Waals surface area contributed by atoms with Gasteiger partial charge in [0.1, 0.15) is 10.8 Å². The van der Waals surface area contributed by atoms with E-state index in [2.05, 4.69) is 10.4 Å². The third kappa shape index (κ3) is 4.83. The van der Waals surface area contributed by atoms with Crippen molar-refractivity contribution in [2.45, 2.75) is 12.8 Å². The van der Waals surface area contributed by atoms with Crippen molar-refractivity contribution in [1.82, 2.24) is 9.78 Å². The summed E-state index contributed by atoms with van der Waals surface area (Å²) < 4.78 is 19.7. The highest BCUT2D eigenvalue weighted by Gasteiger charge is 2.27. The Morgan fingerprint density at radius 3 is 2.16 bits per heavy atom. The van der Waals surface area contributed by atoms with Crippen LogP contribution in [0.3, 0.4) is 0 Å². The summed E-state index contributed by atoms with van der Waals surface area (Å²) in [5, 5.41) is 9.41. The van der Waals surface area contributed by atoms with Crippen LogP contribution in [0.1, 0.15) is 34.5 Å². The molecule has 0 aliphatic rings. The van der Waals surface area contributed by atoms with Gasteiger partial charge in [-0.15, -0.1) is 11.3 Å². The van der Waals surface area contributed by atoms with Gasteiger partial charge in [-0.2, -0.15) is 9.78 Å². The first-order valence-corrected chi connectivity index (χ1v) is 12.7. The van der Waals surface area contributed by atoms with E-state index in [-0.39, 0.29) is 39.7 Å². The summed E-state index contributed by atoms with van der Waals surface area (Å²) in [6.07, 6.45) is 0. The standard InChI is InChI=1S/C29H22FN3O4S/c1-2-37-29(36)25-22-17-38-27(24(22)28(35)33(32-25)21-15-13-20(30)14-16-21)31-26(34)23(18-9-5-3-6-10-18)19-11-7-4-8-12-19/h3-17,23H,2H2,1H3,(H,31,34). The van der Waals surface area contributed by atoms with Crippen LogP contribution in [0.25, 0.3) is 16.5 Å². The van der Waals surface area contributed by atoms with Crippen LogP contribution in [0, 0.1) is 5.82 Å². The topological polar surface area (TPSA) is 90.3 Å². The third-order valence-corrected chi connectivity index (χ3v) is 6.85. The van der Waals surface area contributed by atoms with Crippen molar-refractivity contribution in [2.24, 2.45) is 0 Å². The number of hydrogen-bond acceptors (Lipinski definition) is 6. The van der Waals surface area contributed by atoms with Crippen molar-refractivity contribution in [1.29, 1.82) is 0 Å². The number of halogens is 1. The second-order valence-corrected chi connectivity index (χ2v) is 9.24. The second-order valence-electron chi connectivity index (χ2n) is 8.36. The SMILES string of the molecule is CCOC(=O)c1nn(-c2ccc(F)cc2)c(=O)c2c(NC(=O)C(c3ccccc3)c3ccccc3)scc12. The minimum Gasteiger partial charge on any atom is -0.461 e. The molecule has 0 radical (unpaired) electrons. The molecule has 190 valence electrons. The lowest BCUT2D eigenvalue weighted by atomic mass is 9.90. The molecular weight excluding hydrogens is 505 g/mol. The Kier molecular flexibility index (Phi) is 7.10. The molecule has 0 aliphatic heterocycles. The van der Waals surface area contributed by atoms with Crippen molar-refractivity contribution in [3.63, 3.8) is 0 Å². The summed E-state index contributed by atoms with van der Waals surface area (Å²) in [7, 11) is 0. The van der Waals surface area contributed by atoms with E-state index in [9.17, 15) is 18.8 Å². The summed E-state index contributed by atoms with van der Waals surface area (Å²) >= 11 is 1.12. The van der Waals surface area contributed by atoms with E-state index < -0.39 is 23.3 Å². The lowest BCUT2D eigenvalue weighted by Crippen LogP contribution is -2.26. The van der Waals surface area contributed by atoms with E-state index in [0.717, 1.165) is 27.1 Å². The quantitative estimate of drug-likeness (QED) is 0.281. The highest BCUT2D eigenvalue weighted by atomic mass is 32.1. The van der Waals surface area contributed by atoms with Crippen molar-refractivity contribution in [2.75, 3.05) is 11.9 Å². The molecule has 1 amide bonds. The average Bonchev–Trinajstić information content (AvgIpc) is 3.35. The molecule has 3 aromatic carbocycles. The Bertz CT molecular complexity index is 1630. The first-order chi connectivity index (χ1) is 18.5. The Morgan fingerprint density at radius 1 is 0.974 bits per heavy atom. The zero-order chi connectivity index (χ0) is 26.6. The van der Waals surface area contributed by atoms with E-state index in [1.54, 1.807) is 12.3 Å². The number of benzene rings is 3. The van der Waals surface area contributed by atoms with Gasteiger partial charge in [0, 0.05) is 10.8 Å². The molecular formula is C29H22FN3O4S. The summed E-state index contributed by atoms with van der Waals surface area (Å²) in [6.45, 7) is 1.78. The number of fused-ring (bicyclic) bond motifs is 1. The molecule has 1 N–H and O–H groups in total. The van der Waals surface area contributed by atoms with Gasteiger partial charge in [0.25, 0.3) is 5.56 Å². The fraction of sp³-hybridized carbons (Fsp3) is 0.103. The summed E-state index contributed by atoms with van der Waals surface area (Å²) in [5.74, 6) is -2.17. The van der Waals surface area contributed by atoms with Gasteiger partial charge in [-0.1, -0.05) is 60.7 Å². The minimum absolute atomic E-state index is 0.0785. The fourth-order valence-electron chi connectivity index (χ4n) is 4.22. The largest absolute Gasteiger partial charge is 0.461 e. The van der Waals surface area contributed by atoms with Crippen molar-refractivity contribution in [3.05, 3.63) is 123 Å². The Morgan fingerprint density at radius 2 is 1.58 bits per heavy atom. The van der Waals surface area contributed by atoms with E-state index in [0.29, 0.717) is 0 Å². The molecule has 0 atom stereocenters. The van der Waals surface area contributed by atoms with Gasteiger partial charge in [-0.3, -0.25) is 9.59 Å². The number of ether oxygens (including phenoxy) is 1. The molecule has 0 bridgehead atoms. The van der Waals surface area contributed by atoms with Crippen LogP contribution in [-0.4, -0.2) is 28.3 Å². The molecule has 0 saturated carbocycles. The molecule has 5 aromatic rings. The number of anilines is 1. The minimum atomic E-state index is -0.713. The molecule has 0 saturated heterocycles. The van der Waals surface area contributed by atoms with Crippen LogP contribution in [-0.2, 0) is 9.53 Å². The van der Waals surface area contributed by atoms with Gasteiger partial charge in [0.2, 0.25) is 5.91 Å². The van der Waals surface area contributed by atoms with Crippen LogP contribution < -0.4 is 10.9 Å². The number of hydrogen-bond donors (Lipinski definition) is 1. The predicted octanol–water partition coefficient (Wildman–Crippen LogP) is 5.53. The number of rotatable bonds is 7. The third-order valence-electron chi connectivity index (χ3n) is 5.96. The molecule has 2 aromatic heterocycles. The molecule has 9 heteroatoms. The molecule has 7 nitrogen and oxygen atoms in total. The molecule has 38 heavy (non-hydrogen) atoms. The number of thiophene rings is 1. The maximum atomic E-state index is 13.7. The van der Waals surface area contributed by atoms with Crippen molar-refractivity contribution < 1.29 is 18.7 Å². The number of nitrogens with zero attached hydrogens (tertiary/aromatic N) is 2. The van der Waals surface area contributed by atoms with Crippen LogP contribution >= 0.6 is 11.3 Å². The normalized spacial score (nSPS) is 11.0. The fourth-order valence-corrected chi connectivity index (χ4v) is 5.16. The van der Waals surface area contributed by atoms with Gasteiger partial charge in [-0.25, -0.2) is 9.18 Å². The smallest absolute Gasteiger partial charge is 0.359 e. The lowest BCUT2D eigenvalue weighted by molar-refractivity contribution is -0.116. The number of amides is 1. The van der Waals surface area contributed by atoms with Gasteiger partial charge in [0.15, 0.2) is 5.69 Å². The maximum absolute atomic E-state index is 13.7. The monoisotopic (exact) mass is 527 g/mol. The summed E-state index contributed by atoms with van der Waals surface area (Å²) in [6, 6.07) is 23.8. The Balaban J connectivity index is 1.64. The van der Waals surface area contributed by atoms with Gasteiger partial charge in [-0.05, 0) is 42.3 Å². The molecule has 5 rings (SSSR count). The molecule has 0 aliphatic carbocycles. The molecule has 0 fully saturated rings. The highest BCUT2D eigenvalue weighted by Crippen LogP contribution is 2.33. The van der Waals surface area contributed by atoms with Crippen LogP contribution in [0.15, 0.2) is 95.1 Å². The molecule has 0 unspecified atom stereocenters. The number of nitrogens with one attached hydrogen (secondary N) is 1. The number of aromatic nitrogens is 2. The predicted molar refractivity (Wildman–Crippen MR) is 144 cm³/mol. The van der Waals surface area contributed by atoms with E-state index in [1.807, 2.05) is 60.7 Å². The average molecular weight is 528 g/mol. The first-order valence-electron chi connectivity index (χ1n) is 11.9. The van der Waals surface area contributed by atoms with Crippen LogP contribution in [0.2, 0.25) is 0 Å². The van der Waals surface area contributed by atoms with Gasteiger partial charge in [0.05, 0.1) is 23.6 Å². The number of carbonyl (C=O) groups excluding carboxylic acids is 2. The zero-order valence-electron chi connectivity index (χ0n) is 20.3. The highest BCUT2D eigenvalue weighted by molar-refractivity contribution is 7.16. The number of esters is 1. The molecule has 0 spiro atoms. The Hall–Kier alpha value is -4.63. The van der Waals surface area contributed by atoms with Crippen molar-refractivity contribution >= 4 is 39.0 Å². The summed E-state index contributed by atoms with van der Waals surface area (Å²) in [5.41, 5.74) is 1.19. The van der Waals surface area contributed by atoms with E-state index in [4.69, 9.17) is 4.74 Å². The van der Waals surface area contributed by atoms with Gasteiger partial charge >= 0.3 is 5.97 Å². The second kappa shape index (κ2) is 10.8. The van der Waals surface area contributed by atoms with E-state index in [1.165, 1.54) is 24.3 Å². The van der Waals surface area contributed by atoms with Crippen LogP contribution in [0.4, 0.5) is 9.39 Å². The lowest BCUT2D eigenvalue weighted by Gasteiger charge is -2.17. The summed E-state index contributed by atoms with van der Waals surface area (Å²) in [4.78, 5) is 40.1. The maximum Gasteiger partial charge on any atom is 0.359 e. The van der Waals surface area contributed by atoms with Gasteiger partial charge < -0.3 is 10.1 Å². The van der Waals surface area contributed by atoms with Crippen molar-refractivity contribution in [3.8, 4) is 5.69 Å². The molecule has 2 heterocycles.